The standard InChI is InChI=1S/C24H33N5O11/c25-14(5-8-18(26)31)21(36)27-15(6-9-19(32)33)22(37)29-17(11-12-1-3-13(30)4-2-12)23(38)28-16(24(39)40)7-10-20(34)35/h1-4,14-17,30H,5-11,25H2,(H2,26,31)(H,27,36)(H,28,38)(H,29,37)(H,32,33)(H,34,35)(H,39,40). The van der Waals surface area contributed by atoms with Crippen LogP contribution in [0.5, 0.6) is 5.75 Å². The Labute approximate surface area is 228 Å². The van der Waals surface area contributed by atoms with Gasteiger partial charge in [0.2, 0.25) is 23.6 Å². The van der Waals surface area contributed by atoms with Crippen molar-refractivity contribution < 1.29 is 54.0 Å². The summed E-state index contributed by atoms with van der Waals surface area (Å²) in [5, 5.41) is 43.6. The first kappa shape index (κ1) is 33.3. The lowest BCUT2D eigenvalue weighted by Crippen LogP contribution is -2.57. The fourth-order valence-corrected chi connectivity index (χ4v) is 3.39. The van der Waals surface area contributed by atoms with Crippen molar-refractivity contribution in [2.45, 2.75) is 69.1 Å². The molecule has 1 rings (SSSR count). The summed E-state index contributed by atoms with van der Waals surface area (Å²) in [4.78, 5) is 83.2. The Balaban J connectivity index is 3.17. The third-order valence-electron chi connectivity index (χ3n) is 5.59. The van der Waals surface area contributed by atoms with Crippen LogP contribution in [0.3, 0.4) is 0 Å². The zero-order valence-electron chi connectivity index (χ0n) is 21.4. The molecule has 0 fully saturated rings. The normalized spacial score (nSPS) is 13.6. The van der Waals surface area contributed by atoms with Crippen molar-refractivity contribution in [3.8, 4) is 5.75 Å². The summed E-state index contributed by atoms with van der Waals surface area (Å²) >= 11 is 0. The molecule has 0 aliphatic rings. The largest absolute Gasteiger partial charge is 0.508 e. The predicted molar refractivity (Wildman–Crippen MR) is 135 cm³/mol. The number of carbonyl (C=O) groups is 7. The van der Waals surface area contributed by atoms with Gasteiger partial charge in [-0.1, -0.05) is 12.1 Å². The fraction of sp³-hybridized carbons (Fsp3) is 0.458. The van der Waals surface area contributed by atoms with Crippen LogP contribution in [0.15, 0.2) is 24.3 Å². The third-order valence-corrected chi connectivity index (χ3v) is 5.59. The second-order valence-corrected chi connectivity index (χ2v) is 8.87. The maximum Gasteiger partial charge on any atom is 0.326 e. The molecule has 0 aliphatic heterocycles. The average Bonchev–Trinajstić information content (AvgIpc) is 2.87. The summed E-state index contributed by atoms with van der Waals surface area (Å²) in [6.45, 7) is 0. The van der Waals surface area contributed by atoms with Crippen molar-refractivity contribution in [2.24, 2.45) is 11.5 Å². The second kappa shape index (κ2) is 16.3. The predicted octanol–water partition coefficient (Wildman–Crippen LogP) is -2.20. The molecule has 4 unspecified atom stereocenters. The van der Waals surface area contributed by atoms with Crippen LogP contribution in [0.25, 0.3) is 0 Å². The van der Waals surface area contributed by atoms with E-state index < -0.39 is 91.4 Å². The Hall–Kier alpha value is -4.73. The zero-order valence-corrected chi connectivity index (χ0v) is 21.4. The van der Waals surface area contributed by atoms with Crippen LogP contribution in [0.4, 0.5) is 0 Å². The molecule has 0 heterocycles. The van der Waals surface area contributed by atoms with Crippen molar-refractivity contribution >= 4 is 41.5 Å². The van der Waals surface area contributed by atoms with E-state index in [2.05, 4.69) is 16.0 Å². The molecule has 1 aromatic carbocycles. The van der Waals surface area contributed by atoms with Gasteiger partial charge in [0.1, 0.15) is 23.9 Å². The number of carboxylic acid groups (broad SMARTS) is 3. The first-order chi connectivity index (χ1) is 18.7. The van der Waals surface area contributed by atoms with Crippen LogP contribution in [0, 0.1) is 0 Å². The number of aliphatic carboxylic acids is 3. The second-order valence-electron chi connectivity index (χ2n) is 8.87. The molecule has 0 aromatic heterocycles. The zero-order chi connectivity index (χ0) is 30.4. The summed E-state index contributed by atoms with van der Waals surface area (Å²) in [6, 6.07) is -0.324. The van der Waals surface area contributed by atoms with Gasteiger partial charge in [0.15, 0.2) is 0 Å². The number of phenolic OH excluding ortho intramolecular Hbond substituents is 1. The van der Waals surface area contributed by atoms with Crippen molar-refractivity contribution in [2.75, 3.05) is 0 Å². The molecule has 0 aliphatic carbocycles. The molecule has 11 N–H and O–H groups in total. The van der Waals surface area contributed by atoms with Crippen molar-refractivity contribution in [3.63, 3.8) is 0 Å². The van der Waals surface area contributed by atoms with Gasteiger partial charge in [0.25, 0.3) is 0 Å². The van der Waals surface area contributed by atoms with Crippen LogP contribution in [0.1, 0.15) is 44.1 Å². The van der Waals surface area contributed by atoms with E-state index in [0.29, 0.717) is 5.56 Å². The van der Waals surface area contributed by atoms with Gasteiger partial charge in [-0.05, 0) is 37.0 Å². The van der Waals surface area contributed by atoms with Crippen LogP contribution in [0.2, 0.25) is 0 Å². The number of nitrogens with two attached hydrogens (primary N) is 2. The smallest absolute Gasteiger partial charge is 0.326 e. The van der Waals surface area contributed by atoms with Crippen LogP contribution >= 0.6 is 0 Å². The molecule has 220 valence electrons. The van der Waals surface area contributed by atoms with Gasteiger partial charge in [-0.3, -0.25) is 28.8 Å². The Bertz CT molecular complexity index is 1090. The Morgan fingerprint density at radius 2 is 1.15 bits per heavy atom. The molecule has 0 spiro atoms. The van der Waals surface area contributed by atoms with Crippen LogP contribution < -0.4 is 27.4 Å². The monoisotopic (exact) mass is 567 g/mol. The summed E-state index contributed by atoms with van der Waals surface area (Å²) in [6.07, 6.45) is -2.56. The molecule has 0 radical (unpaired) electrons. The number of benzene rings is 1. The minimum absolute atomic E-state index is 0.0856. The number of amides is 4. The third kappa shape index (κ3) is 12.7. The number of carboxylic acids is 3. The molecular weight excluding hydrogens is 534 g/mol. The highest BCUT2D eigenvalue weighted by molar-refractivity contribution is 5.94. The molecule has 1 aromatic rings. The highest BCUT2D eigenvalue weighted by atomic mass is 16.4. The molecule has 0 saturated carbocycles. The number of phenols is 1. The SMILES string of the molecule is NC(=O)CCC(N)C(=O)NC(CCC(=O)O)C(=O)NC(Cc1ccc(O)cc1)C(=O)NC(CCC(=O)O)C(=O)O. The van der Waals surface area contributed by atoms with Crippen LogP contribution in [-0.2, 0) is 40.0 Å². The number of carbonyl (C=O) groups excluding carboxylic acids is 4. The Morgan fingerprint density at radius 1 is 0.675 bits per heavy atom. The van der Waals surface area contributed by atoms with E-state index in [4.69, 9.17) is 21.7 Å². The van der Waals surface area contributed by atoms with Gasteiger partial charge in [-0.2, -0.15) is 0 Å². The molecule has 4 atom stereocenters. The number of nitrogens with one attached hydrogen (secondary N) is 3. The lowest BCUT2D eigenvalue weighted by atomic mass is 10.0. The van der Waals surface area contributed by atoms with E-state index in [1.807, 2.05) is 0 Å². The number of aromatic hydroxyl groups is 1. The van der Waals surface area contributed by atoms with E-state index in [-0.39, 0.29) is 25.0 Å². The number of primary amides is 1. The number of rotatable bonds is 18. The van der Waals surface area contributed by atoms with Gasteiger partial charge in [0.05, 0.1) is 6.04 Å². The van der Waals surface area contributed by atoms with E-state index in [0.717, 1.165) is 0 Å². The van der Waals surface area contributed by atoms with Gasteiger partial charge in [-0.15, -0.1) is 0 Å². The van der Waals surface area contributed by atoms with Gasteiger partial charge < -0.3 is 47.8 Å². The quantitative estimate of drug-likeness (QED) is 0.0913. The van der Waals surface area contributed by atoms with Crippen molar-refractivity contribution in [1.82, 2.24) is 16.0 Å². The number of hydrogen-bond donors (Lipinski definition) is 9. The summed E-state index contributed by atoms with van der Waals surface area (Å²) in [7, 11) is 0. The van der Waals surface area contributed by atoms with Gasteiger partial charge >= 0.3 is 17.9 Å². The maximum absolute atomic E-state index is 13.1. The average molecular weight is 568 g/mol. The van der Waals surface area contributed by atoms with Crippen molar-refractivity contribution in [1.29, 1.82) is 0 Å². The van der Waals surface area contributed by atoms with Gasteiger partial charge in [-0.25, -0.2) is 4.79 Å². The van der Waals surface area contributed by atoms with Gasteiger partial charge in [0, 0.05) is 25.7 Å². The number of hydrogen-bond acceptors (Lipinski definition) is 9. The summed E-state index contributed by atoms with van der Waals surface area (Å²) in [5.41, 5.74) is 11.2. The summed E-state index contributed by atoms with van der Waals surface area (Å²) < 4.78 is 0. The molecule has 0 bridgehead atoms. The maximum atomic E-state index is 13.1. The topological polar surface area (TPSA) is 289 Å². The van der Waals surface area contributed by atoms with Crippen molar-refractivity contribution in [3.05, 3.63) is 29.8 Å². The molecule has 16 heteroatoms. The molecule has 0 saturated heterocycles. The summed E-state index contributed by atoms with van der Waals surface area (Å²) in [5.74, 6) is -7.76. The fourth-order valence-electron chi connectivity index (χ4n) is 3.39. The Kier molecular flexibility index (Phi) is 13.6. The lowest BCUT2D eigenvalue weighted by molar-refractivity contribution is -0.143. The molecule has 16 nitrogen and oxygen atoms in total. The first-order valence-electron chi connectivity index (χ1n) is 12.1. The van der Waals surface area contributed by atoms with E-state index in [9.17, 15) is 43.8 Å². The highest BCUT2D eigenvalue weighted by Gasteiger charge is 2.31. The van der Waals surface area contributed by atoms with Crippen LogP contribution in [-0.4, -0.2) is 86.1 Å². The molecular formula is C24H33N5O11. The Morgan fingerprint density at radius 3 is 1.65 bits per heavy atom. The molecule has 40 heavy (non-hydrogen) atoms. The highest BCUT2D eigenvalue weighted by Crippen LogP contribution is 2.12. The minimum Gasteiger partial charge on any atom is -0.508 e. The van der Waals surface area contributed by atoms with E-state index in [1.165, 1.54) is 24.3 Å². The molecule has 4 amide bonds. The van der Waals surface area contributed by atoms with E-state index in [1.54, 1.807) is 0 Å². The minimum atomic E-state index is -1.60. The van der Waals surface area contributed by atoms with E-state index >= 15 is 0 Å². The first-order valence-corrected chi connectivity index (χ1v) is 12.1. The lowest BCUT2D eigenvalue weighted by Gasteiger charge is -2.25.